The van der Waals surface area contributed by atoms with Gasteiger partial charge in [0.15, 0.2) is 0 Å². The molecular formula is C21H21F2N3O2. The summed E-state index contributed by atoms with van der Waals surface area (Å²) in [5, 5.41) is 0. The van der Waals surface area contributed by atoms with Crippen LogP contribution >= 0.6 is 0 Å². The average molecular weight is 385 g/mol. The highest BCUT2D eigenvalue weighted by Gasteiger charge is 2.38. The Morgan fingerprint density at radius 3 is 2.04 bits per heavy atom. The minimum atomic E-state index is -0.480. The highest BCUT2D eigenvalue weighted by atomic mass is 19.1. The number of amides is 2. The fourth-order valence-electron chi connectivity index (χ4n) is 3.91. The summed E-state index contributed by atoms with van der Waals surface area (Å²) in [5.41, 5.74) is 0.753. The maximum Gasteiger partial charge on any atom is 0.228 e. The van der Waals surface area contributed by atoms with Crippen molar-refractivity contribution in [2.75, 3.05) is 42.5 Å². The molecule has 2 amide bonds. The average Bonchev–Trinajstić information content (AvgIpc) is 3.10. The zero-order valence-electron chi connectivity index (χ0n) is 15.4. The number of carbonyl (C=O) groups is 2. The third-order valence-electron chi connectivity index (χ3n) is 5.40. The second-order valence-corrected chi connectivity index (χ2v) is 7.12. The van der Waals surface area contributed by atoms with Gasteiger partial charge in [0.25, 0.3) is 0 Å². The Morgan fingerprint density at radius 1 is 0.857 bits per heavy atom. The zero-order chi connectivity index (χ0) is 19.7. The summed E-state index contributed by atoms with van der Waals surface area (Å²) < 4.78 is 28.0. The Kier molecular flexibility index (Phi) is 4.98. The van der Waals surface area contributed by atoms with E-state index >= 15 is 0 Å². The van der Waals surface area contributed by atoms with Crippen molar-refractivity contribution in [3.63, 3.8) is 0 Å². The van der Waals surface area contributed by atoms with E-state index in [4.69, 9.17) is 0 Å². The predicted octanol–water partition coefficient (Wildman–Crippen LogP) is 2.67. The Labute approximate surface area is 162 Å². The highest BCUT2D eigenvalue weighted by molar-refractivity contribution is 6.00. The smallest absolute Gasteiger partial charge is 0.228 e. The number of nitrogens with zero attached hydrogens (tertiary/aromatic N) is 3. The Hall–Kier alpha value is -2.96. The summed E-state index contributed by atoms with van der Waals surface area (Å²) in [5.74, 6) is -1.56. The van der Waals surface area contributed by atoms with Crippen LogP contribution in [-0.4, -0.2) is 49.4 Å². The van der Waals surface area contributed by atoms with Gasteiger partial charge in [-0.3, -0.25) is 9.59 Å². The molecule has 2 saturated heterocycles. The third-order valence-corrected chi connectivity index (χ3v) is 5.40. The molecule has 0 bridgehead atoms. The Morgan fingerprint density at radius 2 is 1.43 bits per heavy atom. The normalized spacial score (nSPS) is 20.0. The van der Waals surface area contributed by atoms with Gasteiger partial charge in [0.1, 0.15) is 11.6 Å². The second-order valence-electron chi connectivity index (χ2n) is 7.12. The van der Waals surface area contributed by atoms with Gasteiger partial charge in [0.05, 0.1) is 17.3 Å². The molecule has 28 heavy (non-hydrogen) atoms. The van der Waals surface area contributed by atoms with E-state index in [-0.39, 0.29) is 36.3 Å². The van der Waals surface area contributed by atoms with Crippen LogP contribution in [0.2, 0.25) is 0 Å². The molecule has 0 spiro atoms. The van der Waals surface area contributed by atoms with Gasteiger partial charge in [-0.15, -0.1) is 0 Å². The molecule has 0 radical (unpaired) electrons. The first-order valence-corrected chi connectivity index (χ1v) is 9.38. The zero-order valence-corrected chi connectivity index (χ0v) is 15.4. The van der Waals surface area contributed by atoms with E-state index in [1.807, 2.05) is 4.90 Å². The maximum absolute atomic E-state index is 14.0. The Bertz CT molecular complexity index is 897. The molecule has 2 aliphatic rings. The number of hydrogen-bond donors (Lipinski definition) is 0. The van der Waals surface area contributed by atoms with E-state index < -0.39 is 11.7 Å². The lowest BCUT2D eigenvalue weighted by Gasteiger charge is -2.37. The van der Waals surface area contributed by atoms with Gasteiger partial charge in [0, 0.05) is 39.1 Å². The van der Waals surface area contributed by atoms with Gasteiger partial charge in [-0.25, -0.2) is 8.78 Å². The lowest BCUT2D eigenvalue weighted by atomic mass is 10.1. The molecule has 2 aromatic carbocycles. The third kappa shape index (κ3) is 3.44. The minimum Gasteiger partial charge on any atom is -0.366 e. The molecule has 0 aliphatic carbocycles. The van der Waals surface area contributed by atoms with Crippen molar-refractivity contribution >= 4 is 23.2 Å². The van der Waals surface area contributed by atoms with Gasteiger partial charge < -0.3 is 14.7 Å². The lowest BCUT2D eigenvalue weighted by molar-refractivity contribution is -0.136. The van der Waals surface area contributed by atoms with Crippen molar-refractivity contribution in [2.24, 2.45) is 5.92 Å². The predicted molar refractivity (Wildman–Crippen MR) is 102 cm³/mol. The highest BCUT2D eigenvalue weighted by Crippen LogP contribution is 2.29. The number of piperazine rings is 1. The van der Waals surface area contributed by atoms with Crippen LogP contribution in [0.1, 0.15) is 6.42 Å². The minimum absolute atomic E-state index is 0.0840. The quantitative estimate of drug-likeness (QED) is 0.816. The number of anilines is 2. The fraction of sp³-hybridized carbons (Fsp3) is 0.333. The summed E-state index contributed by atoms with van der Waals surface area (Å²) in [6.07, 6.45) is 0.0840. The van der Waals surface area contributed by atoms with Crippen LogP contribution in [0, 0.1) is 17.6 Å². The van der Waals surface area contributed by atoms with Crippen LogP contribution < -0.4 is 9.80 Å². The van der Waals surface area contributed by atoms with Gasteiger partial charge in [-0.05, 0) is 24.3 Å². The van der Waals surface area contributed by atoms with Crippen LogP contribution in [0.15, 0.2) is 48.5 Å². The topological polar surface area (TPSA) is 43.9 Å². The van der Waals surface area contributed by atoms with Crippen molar-refractivity contribution in [1.29, 1.82) is 0 Å². The van der Waals surface area contributed by atoms with Crippen molar-refractivity contribution in [2.45, 2.75) is 6.42 Å². The molecule has 2 aromatic rings. The van der Waals surface area contributed by atoms with Crippen molar-refractivity contribution in [3.05, 3.63) is 60.2 Å². The molecule has 146 valence electrons. The van der Waals surface area contributed by atoms with E-state index in [0.29, 0.717) is 31.9 Å². The summed E-state index contributed by atoms with van der Waals surface area (Å²) in [7, 11) is 0. The standard InChI is InChI=1S/C21H21F2N3O2/c22-16-5-1-3-7-18(16)24-9-11-25(12-10-24)21(28)15-13-20(27)26(14-15)19-8-4-2-6-17(19)23/h1-8,15H,9-14H2/t15-/m1/s1. The first kappa shape index (κ1) is 18.4. The maximum atomic E-state index is 14.0. The largest absolute Gasteiger partial charge is 0.366 e. The molecule has 4 rings (SSSR count). The van der Waals surface area contributed by atoms with Crippen LogP contribution in [0.25, 0.3) is 0 Å². The lowest BCUT2D eigenvalue weighted by Crippen LogP contribution is -2.51. The Balaban J connectivity index is 1.39. The van der Waals surface area contributed by atoms with Crippen molar-refractivity contribution in [3.8, 4) is 0 Å². The monoisotopic (exact) mass is 385 g/mol. The van der Waals surface area contributed by atoms with E-state index in [9.17, 15) is 18.4 Å². The number of hydrogen-bond acceptors (Lipinski definition) is 3. The van der Waals surface area contributed by atoms with Gasteiger partial charge in [0.2, 0.25) is 11.8 Å². The molecule has 2 fully saturated rings. The van der Waals surface area contributed by atoms with Crippen LogP contribution in [-0.2, 0) is 9.59 Å². The summed E-state index contributed by atoms with van der Waals surface area (Å²) in [4.78, 5) is 30.2. The summed E-state index contributed by atoms with van der Waals surface area (Å²) >= 11 is 0. The molecule has 2 aliphatic heterocycles. The first-order valence-electron chi connectivity index (χ1n) is 9.38. The molecule has 0 N–H and O–H groups in total. The molecule has 1 atom stereocenters. The molecular weight excluding hydrogens is 364 g/mol. The van der Waals surface area contributed by atoms with Gasteiger partial charge >= 0.3 is 0 Å². The van der Waals surface area contributed by atoms with Crippen molar-refractivity contribution < 1.29 is 18.4 Å². The number of para-hydroxylation sites is 2. The second kappa shape index (κ2) is 7.58. The fourth-order valence-corrected chi connectivity index (χ4v) is 3.91. The number of carbonyl (C=O) groups excluding carboxylic acids is 2. The van der Waals surface area contributed by atoms with Crippen LogP contribution in [0.3, 0.4) is 0 Å². The molecule has 0 aromatic heterocycles. The van der Waals surface area contributed by atoms with E-state index in [2.05, 4.69) is 0 Å². The molecule has 2 heterocycles. The summed E-state index contributed by atoms with van der Waals surface area (Å²) in [6, 6.07) is 12.7. The van der Waals surface area contributed by atoms with Crippen LogP contribution in [0.5, 0.6) is 0 Å². The van der Waals surface area contributed by atoms with Crippen LogP contribution in [0.4, 0.5) is 20.2 Å². The van der Waals surface area contributed by atoms with E-state index in [1.54, 1.807) is 41.3 Å². The number of benzene rings is 2. The summed E-state index contributed by atoms with van der Waals surface area (Å²) in [6.45, 7) is 2.19. The number of halogens is 2. The molecule has 0 saturated carbocycles. The van der Waals surface area contributed by atoms with Crippen molar-refractivity contribution in [1.82, 2.24) is 4.90 Å². The number of rotatable bonds is 3. The SMILES string of the molecule is O=C([C@@H]1CC(=O)N(c2ccccc2F)C1)N1CCN(c2ccccc2F)CC1. The van der Waals surface area contributed by atoms with Gasteiger partial charge in [-0.2, -0.15) is 0 Å². The first-order chi connectivity index (χ1) is 13.5. The van der Waals surface area contributed by atoms with E-state index in [0.717, 1.165) is 0 Å². The molecule has 5 nitrogen and oxygen atoms in total. The molecule has 0 unspecified atom stereocenters. The van der Waals surface area contributed by atoms with E-state index in [1.165, 1.54) is 17.0 Å². The van der Waals surface area contributed by atoms with Gasteiger partial charge in [-0.1, -0.05) is 24.3 Å². The molecule has 7 heteroatoms.